The van der Waals surface area contributed by atoms with E-state index >= 15 is 0 Å². The zero-order valence-electron chi connectivity index (χ0n) is 6.97. The molecule has 1 nitrogen and oxygen atoms in total. The molecule has 0 spiro atoms. The monoisotopic (exact) mass is 155 g/mol. The second kappa shape index (κ2) is 7.22. The Labute approximate surface area is 67.3 Å². The van der Waals surface area contributed by atoms with Crippen LogP contribution in [0.2, 0.25) is 0 Å². The van der Waals surface area contributed by atoms with Gasteiger partial charge in [-0.05, 0) is 26.1 Å². The summed E-state index contributed by atoms with van der Waals surface area (Å²) in [6, 6.07) is 0. The van der Waals surface area contributed by atoms with Gasteiger partial charge in [0.15, 0.2) is 0 Å². The highest BCUT2D eigenvalue weighted by Crippen LogP contribution is 1.97. The number of nitrogens with one attached hydrogen (secondary N) is 1. The van der Waals surface area contributed by atoms with Crippen LogP contribution in [0.1, 0.15) is 6.92 Å². The first-order valence-electron chi connectivity index (χ1n) is 3.61. The molecule has 0 aliphatic carbocycles. The molecule has 0 rings (SSSR count). The van der Waals surface area contributed by atoms with Crippen LogP contribution in [-0.2, 0) is 0 Å². The summed E-state index contributed by atoms with van der Waals surface area (Å²) >= 11 is 0. The number of allylic oxidation sites excluding steroid dienone is 5. The van der Waals surface area contributed by atoms with E-state index in [1.165, 1.54) is 12.2 Å². The summed E-state index contributed by atoms with van der Waals surface area (Å²) in [5, 5.41) is 2.88. The van der Waals surface area contributed by atoms with Gasteiger partial charge >= 0.3 is 0 Å². The smallest absolute Gasteiger partial charge is 0.122 e. The maximum atomic E-state index is 12.6. The Kier molecular flexibility index (Phi) is 6.64. The summed E-state index contributed by atoms with van der Waals surface area (Å²) in [6.45, 7) is 2.54. The fourth-order valence-electron chi connectivity index (χ4n) is 0.533. The first kappa shape index (κ1) is 10.1. The summed E-state index contributed by atoms with van der Waals surface area (Å²) in [6.07, 6.45) is 8.04. The summed E-state index contributed by atoms with van der Waals surface area (Å²) < 4.78 is 12.6. The van der Waals surface area contributed by atoms with Crippen LogP contribution in [0.5, 0.6) is 0 Å². The molecule has 0 aromatic rings. The zero-order chi connectivity index (χ0) is 8.53. The van der Waals surface area contributed by atoms with Gasteiger partial charge in [-0.1, -0.05) is 18.2 Å². The van der Waals surface area contributed by atoms with E-state index in [1.54, 1.807) is 18.2 Å². The van der Waals surface area contributed by atoms with Crippen molar-refractivity contribution in [3.8, 4) is 0 Å². The number of hydrogen-bond donors (Lipinski definition) is 1. The van der Waals surface area contributed by atoms with Gasteiger partial charge in [-0.25, -0.2) is 4.39 Å². The van der Waals surface area contributed by atoms with E-state index in [1.807, 2.05) is 14.0 Å². The molecule has 0 heterocycles. The fraction of sp³-hybridized carbons (Fsp3) is 0.333. The lowest BCUT2D eigenvalue weighted by Gasteiger charge is -1.86. The topological polar surface area (TPSA) is 12.0 Å². The van der Waals surface area contributed by atoms with E-state index in [0.717, 1.165) is 0 Å². The Morgan fingerprint density at radius 2 is 2.27 bits per heavy atom. The second-order valence-electron chi connectivity index (χ2n) is 2.04. The molecule has 62 valence electrons. The Bertz CT molecular complexity index is 168. The van der Waals surface area contributed by atoms with Gasteiger partial charge < -0.3 is 5.32 Å². The fourth-order valence-corrected chi connectivity index (χ4v) is 0.533. The van der Waals surface area contributed by atoms with Crippen molar-refractivity contribution in [2.24, 2.45) is 0 Å². The van der Waals surface area contributed by atoms with Crippen molar-refractivity contribution in [1.29, 1.82) is 0 Å². The van der Waals surface area contributed by atoms with Crippen molar-refractivity contribution in [2.75, 3.05) is 13.6 Å². The molecule has 0 aromatic carbocycles. The van der Waals surface area contributed by atoms with Crippen LogP contribution < -0.4 is 5.32 Å². The predicted molar refractivity (Wildman–Crippen MR) is 47.1 cm³/mol. The largest absolute Gasteiger partial charge is 0.316 e. The minimum Gasteiger partial charge on any atom is -0.316 e. The number of hydrogen-bond acceptors (Lipinski definition) is 1. The molecule has 0 radical (unpaired) electrons. The van der Waals surface area contributed by atoms with Crippen LogP contribution in [0.3, 0.4) is 0 Å². The molecule has 0 bridgehead atoms. The first-order valence-corrected chi connectivity index (χ1v) is 3.61. The van der Waals surface area contributed by atoms with Crippen LogP contribution in [0.25, 0.3) is 0 Å². The SMILES string of the molecule is C\C=C/C=C(F)\C=C\CNC. The van der Waals surface area contributed by atoms with Crippen molar-refractivity contribution in [2.45, 2.75) is 6.92 Å². The summed E-state index contributed by atoms with van der Waals surface area (Å²) in [4.78, 5) is 0. The molecule has 0 aromatic heterocycles. The predicted octanol–water partition coefficient (Wildman–Crippen LogP) is 2.19. The molecule has 0 amide bonds. The second-order valence-corrected chi connectivity index (χ2v) is 2.04. The highest BCUT2D eigenvalue weighted by Gasteiger charge is 1.81. The van der Waals surface area contributed by atoms with E-state index in [0.29, 0.717) is 6.54 Å². The van der Waals surface area contributed by atoms with E-state index in [9.17, 15) is 4.39 Å². The molecule has 0 saturated carbocycles. The molecular formula is C9H14FN. The average molecular weight is 155 g/mol. The van der Waals surface area contributed by atoms with Crippen molar-refractivity contribution in [3.63, 3.8) is 0 Å². The maximum absolute atomic E-state index is 12.6. The lowest BCUT2D eigenvalue weighted by Crippen LogP contribution is -2.03. The first-order chi connectivity index (χ1) is 5.31. The quantitative estimate of drug-likeness (QED) is 0.614. The molecule has 0 atom stereocenters. The van der Waals surface area contributed by atoms with Crippen LogP contribution in [-0.4, -0.2) is 13.6 Å². The van der Waals surface area contributed by atoms with Gasteiger partial charge in [0, 0.05) is 6.54 Å². The molecular weight excluding hydrogens is 141 g/mol. The van der Waals surface area contributed by atoms with Gasteiger partial charge in [-0.15, -0.1) is 0 Å². The summed E-state index contributed by atoms with van der Waals surface area (Å²) in [7, 11) is 1.82. The normalized spacial score (nSPS) is 13.5. The Hall–Kier alpha value is -0.890. The van der Waals surface area contributed by atoms with Gasteiger partial charge in [-0.2, -0.15) is 0 Å². The van der Waals surface area contributed by atoms with Gasteiger partial charge in [-0.3, -0.25) is 0 Å². The van der Waals surface area contributed by atoms with Gasteiger partial charge in [0.05, 0.1) is 0 Å². The van der Waals surface area contributed by atoms with Crippen molar-refractivity contribution in [3.05, 3.63) is 36.2 Å². The van der Waals surface area contributed by atoms with Crippen molar-refractivity contribution >= 4 is 0 Å². The third-order valence-corrected chi connectivity index (χ3v) is 1.05. The number of likely N-dealkylation sites (N-methyl/N-ethyl adjacent to an activating group) is 1. The summed E-state index contributed by atoms with van der Waals surface area (Å²) in [5.41, 5.74) is 0. The molecule has 0 unspecified atom stereocenters. The van der Waals surface area contributed by atoms with Crippen LogP contribution >= 0.6 is 0 Å². The van der Waals surface area contributed by atoms with E-state index in [-0.39, 0.29) is 5.83 Å². The number of rotatable bonds is 4. The molecule has 11 heavy (non-hydrogen) atoms. The minimum atomic E-state index is -0.224. The Morgan fingerprint density at radius 1 is 1.55 bits per heavy atom. The lowest BCUT2D eigenvalue weighted by molar-refractivity contribution is 0.666. The highest BCUT2D eigenvalue weighted by molar-refractivity contribution is 5.17. The number of halogens is 1. The van der Waals surface area contributed by atoms with E-state index in [2.05, 4.69) is 5.32 Å². The average Bonchev–Trinajstić information content (AvgIpc) is 2.01. The lowest BCUT2D eigenvalue weighted by atomic mass is 10.4. The van der Waals surface area contributed by atoms with E-state index < -0.39 is 0 Å². The standard InChI is InChI=1S/C9H14FN/c1-3-4-6-9(10)7-5-8-11-2/h3-7,11H,8H2,1-2H3/b4-3-,7-5+,9-6+. The van der Waals surface area contributed by atoms with Crippen LogP contribution in [0, 0.1) is 0 Å². The minimum absolute atomic E-state index is 0.224. The van der Waals surface area contributed by atoms with Gasteiger partial charge in [0.1, 0.15) is 5.83 Å². The maximum Gasteiger partial charge on any atom is 0.122 e. The van der Waals surface area contributed by atoms with Crippen molar-refractivity contribution < 1.29 is 4.39 Å². The third kappa shape index (κ3) is 7.00. The van der Waals surface area contributed by atoms with Crippen LogP contribution in [0.15, 0.2) is 36.2 Å². The molecule has 0 aliphatic rings. The molecule has 0 fully saturated rings. The molecule has 1 N–H and O–H groups in total. The molecule has 0 aliphatic heterocycles. The molecule has 0 saturated heterocycles. The molecule has 2 heteroatoms. The van der Waals surface area contributed by atoms with Gasteiger partial charge in [0.25, 0.3) is 0 Å². The third-order valence-electron chi connectivity index (χ3n) is 1.05. The summed E-state index contributed by atoms with van der Waals surface area (Å²) in [5.74, 6) is -0.224. The van der Waals surface area contributed by atoms with Crippen LogP contribution in [0.4, 0.5) is 4.39 Å². The van der Waals surface area contributed by atoms with Gasteiger partial charge in [0.2, 0.25) is 0 Å². The zero-order valence-corrected chi connectivity index (χ0v) is 6.97. The highest BCUT2D eigenvalue weighted by atomic mass is 19.1. The Morgan fingerprint density at radius 3 is 2.82 bits per heavy atom. The van der Waals surface area contributed by atoms with E-state index in [4.69, 9.17) is 0 Å². The Balaban J connectivity index is 3.74. The van der Waals surface area contributed by atoms with Crippen molar-refractivity contribution in [1.82, 2.24) is 5.32 Å².